The molecule has 0 saturated carbocycles. The second-order valence-corrected chi connectivity index (χ2v) is 24.5. The van der Waals surface area contributed by atoms with Gasteiger partial charge in [-0.05, 0) is 43.9 Å². The molecule has 9 nitrogen and oxygen atoms in total. The highest BCUT2D eigenvalue weighted by molar-refractivity contribution is 4.77. The Balaban J connectivity index is 5.82. The molecule has 75 heavy (non-hydrogen) atoms. The molecule has 0 aliphatic carbocycles. The zero-order valence-electron chi connectivity index (χ0n) is 51.9. The third-order valence-electron chi connectivity index (χ3n) is 16.9. The minimum Gasteiger partial charge on any atom is -0.392 e. The van der Waals surface area contributed by atoms with Gasteiger partial charge in [0.2, 0.25) is 0 Å². The van der Waals surface area contributed by atoms with Gasteiger partial charge in [0.05, 0.1) is 30.5 Å². The first-order valence-corrected chi connectivity index (χ1v) is 33.8. The fourth-order valence-corrected chi connectivity index (χ4v) is 11.1. The maximum absolute atomic E-state index is 11.7. The van der Waals surface area contributed by atoms with Crippen molar-refractivity contribution >= 4 is 0 Å². The summed E-state index contributed by atoms with van der Waals surface area (Å²) in [6.45, 7) is 23.1. The molecule has 0 aromatic rings. The lowest BCUT2D eigenvalue weighted by atomic mass is 9.96. The lowest BCUT2D eigenvalue weighted by molar-refractivity contribution is 0.0331. The van der Waals surface area contributed by atoms with Gasteiger partial charge >= 0.3 is 0 Å². The van der Waals surface area contributed by atoms with Crippen molar-refractivity contribution in [2.24, 2.45) is 11.8 Å². The van der Waals surface area contributed by atoms with E-state index in [2.05, 4.69) is 61.6 Å². The quantitative estimate of drug-likeness (QED) is 0.0331. The first-order chi connectivity index (χ1) is 36.5. The van der Waals surface area contributed by atoms with Gasteiger partial charge in [0.15, 0.2) is 0 Å². The number of hydrogen-bond acceptors (Lipinski definition) is 9. The summed E-state index contributed by atoms with van der Waals surface area (Å²) in [5.74, 6) is 0.477. The zero-order valence-corrected chi connectivity index (χ0v) is 51.9. The van der Waals surface area contributed by atoms with E-state index in [9.17, 15) is 25.5 Å². The van der Waals surface area contributed by atoms with Crippen LogP contribution in [0.3, 0.4) is 0 Å². The van der Waals surface area contributed by atoms with Crippen LogP contribution in [0, 0.1) is 11.8 Å². The molecule has 452 valence electrons. The van der Waals surface area contributed by atoms with Gasteiger partial charge in [-0.2, -0.15) is 0 Å². The molecular formula is C66H138N4O5. The molecule has 0 radical (unpaired) electrons. The van der Waals surface area contributed by atoms with Crippen LogP contribution in [-0.4, -0.2) is 143 Å². The summed E-state index contributed by atoms with van der Waals surface area (Å²) in [4.78, 5) is 7.14. The molecule has 0 saturated heterocycles. The zero-order chi connectivity index (χ0) is 55.3. The van der Waals surface area contributed by atoms with Gasteiger partial charge in [-0.15, -0.1) is 0 Å². The number of nitrogens with zero attached hydrogens (tertiary/aromatic N) is 3. The van der Waals surface area contributed by atoms with E-state index >= 15 is 0 Å². The molecule has 0 rings (SSSR count). The fraction of sp³-hybridized carbons (Fsp3) is 1.00. The first-order valence-electron chi connectivity index (χ1n) is 33.8. The third kappa shape index (κ3) is 50.3. The van der Waals surface area contributed by atoms with Crippen molar-refractivity contribution < 1.29 is 25.5 Å². The predicted molar refractivity (Wildman–Crippen MR) is 328 cm³/mol. The van der Waals surface area contributed by atoms with Crippen LogP contribution in [-0.2, 0) is 0 Å². The highest BCUT2D eigenvalue weighted by Crippen LogP contribution is 2.20. The minimum atomic E-state index is -0.438. The fourth-order valence-electron chi connectivity index (χ4n) is 11.1. The van der Waals surface area contributed by atoms with E-state index in [0.717, 1.165) is 84.2 Å². The Labute approximate surface area is 469 Å². The molecule has 7 atom stereocenters. The number of hydrogen-bond donors (Lipinski definition) is 6. The highest BCUT2D eigenvalue weighted by atomic mass is 16.3. The summed E-state index contributed by atoms with van der Waals surface area (Å²) in [7, 11) is 0. The maximum atomic E-state index is 11.7. The van der Waals surface area contributed by atoms with Gasteiger partial charge in [-0.3, -0.25) is 14.7 Å². The first kappa shape index (κ1) is 74.6. The van der Waals surface area contributed by atoms with Crippen molar-refractivity contribution in [2.75, 3.05) is 72.0 Å². The highest BCUT2D eigenvalue weighted by Gasteiger charge is 2.23. The monoisotopic (exact) mass is 1070 g/mol. The predicted octanol–water partition coefficient (Wildman–Crippen LogP) is 15.7. The van der Waals surface area contributed by atoms with E-state index in [1.807, 2.05) is 6.92 Å². The molecule has 6 N–H and O–H groups in total. The molecule has 0 bridgehead atoms. The van der Waals surface area contributed by atoms with Crippen molar-refractivity contribution in [3.63, 3.8) is 0 Å². The number of rotatable bonds is 62. The largest absolute Gasteiger partial charge is 0.392 e. The summed E-state index contributed by atoms with van der Waals surface area (Å²) >= 11 is 0. The topological polar surface area (TPSA) is 123 Å². The van der Waals surface area contributed by atoms with Crippen LogP contribution in [0.5, 0.6) is 0 Å². The average molecular weight is 1070 g/mol. The Hall–Kier alpha value is -0.360. The van der Waals surface area contributed by atoms with E-state index in [0.29, 0.717) is 39.1 Å². The lowest BCUT2D eigenvalue weighted by Crippen LogP contribution is -2.47. The van der Waals surface area contributed by atoms with Crippen molar-refractivity contribution in [1.82, 2.24) is 20.0 Å². The molecule has 7 unspecified atom stereocenters. The van der Waals surface area contributed by atoms with Crippen LogP contribution in [0.1, 0.15) is 312 Å². The van der Waals surface area contributed by atoms with Crippen LogP contribution < -0.4 is 5.32 Å². The van der Waals surface area contributed by atoms with Gasteiger partial charge in [0, 0.05) is 72.0 Å². The molecule has 0 aromatic heterocycles. The third-order valence-corrected chi connectivity index (χ3v) is 16.9. The standard InChI is InChI=1S/C66H138N4O5/c1-8-13-17-21-25-29-31-35-39-43-47-63(72)57-69(56-62(71)12-5)53-51-68(50-49-67-55-65(74)60(6)45-41-37-33-27-23-19-15-10-3)52-54-70(58-64(73)48-44-40-36-32-30-26-22-18-14-9-2)59-66(75)61(7)46-42-38-34-28-24-20-16-11-4/h60-67,71-75H,8-59H2,1-7H3. The molecule has 0 aliphatic rings. The Kier molecular flexibility index (Phi) is 56.6. The molecule has 9 heteroatoms. The number of unbranched alkanes of at least 4 members (excludes halogenated alkanes) is 32. The molecular weight excluding hydrogens is 929 g/mol. The van der Waals surface area contributed by atoms with Gasteiger partial charge in [0.25, 0.3) is 0 Å². The van der Waals surface area contributed by atoms with Crippen LogP contribution in [0.25, 0.3) is 0 Å². The normalized spacial score (nSPS) is 15.1. The van der Waals surface area contributed by atoms with Crippen LogP contribution in [0.2, 0.25) is 0 Å². The average Bonchev–Trinajstić information content (AvgIpc) is 3.40. The number of aliphatic hydroxyl groups excluding tert-OH is 5. The van der Waals surface area contributed by atoms with E-state index in [1.54, 1.807) is 0 Å². The molecule has 0 spiro atoms. The maximum Gasteiger partial charge on any atom is 0.0692 e. The second-order valence-electron chi connectivity index (χ2n) is 24.5. The molecule has 0 amide bonds. The molecule has 0 heterocycles. The summed E-state index contributed by atoms with van der Waals surface area (Å²) in [5, 5.41) is 60.3. The molecule has 0 aromatic carbocycles. The van der Waals surface area contributed by atoms with Gasteiger partial charge < -0.3 is 30.8 Å². The van der Waals surface area contributed by atoms with Crippen molar-refractivity contribution in [3.8, 4) is 0 Å². The van der Waals surface area contributed by atoms with Crippen molar-refractivity contribution in [2.45, 2.75) is 342 Å². The van der Waals surface area contributed by atoms with Gasteiger partial charge in [0.1, 0.15) is 0 Å². The van der Waals surface area contributed by atoms with Crippen molar-refractivity contribution in [3.05, 3.63) is 0 Å². The van der Waals surface area contributed by atoms with Gasteiger partial charge in [-0.1, -0.05) is 280 Å². The number of aliphatic hydroxyl groups is 5. The summed E-state index contributed by atoms with van der Waals surface area (Å²) < 4.78 is 0. The van der Waals surface area contributed by atoms with E-state index in [4.69, 9.17) is 0 Å². The van der Waals surface area contributed by atoms with E-state index < -0.39 is 24.4 Å². The Morgan fingerprint density at radius 1 is 0.293 bits per heavy atom. The number of nitrogens with one attached hydrogen (secondary N) is 1. The lowest BCUT2D eigenvalue weighted by Gasteiger charge is -2.33. The Bertz CT molecular complexity index is 1110. The second kappa shape index (κ2) is 56.9. The van der Waals surface area contributed by atoms with E-state index in [1.165, 1.54) is 212 Å². The van der Waals surface area contributed by atoms with Crippen LogP contribution in [0.15, 0.2) is 0 Å². The Morgan fingerprint density at radius 3 is 0.920 bits per heavy atom. The summed E-state index contributed by atoms with van der Waals surface area (Å²) in [6.07, 6.45) is 48.8. The molecule has 0 aliphatic heterocycles. The van der Waals surface area contributed by atoms with Crippen LogP contribution >= 0.6 is 0 Å². The van der Waals surface area contributed by atoms with Crippen molar-refractivity contribution in [1.29, 1.82) is 0 Å². The smallest absolute Gasteiger partial charge is 0.0692 e. The molecule has 0 fully saturated rings. The summed E-state index contributed by atoms with van der Waals surface area (Å²) in [5.41, 5.74) is 0. The summed E-state index contributed by atoms with van der Waals surface area (Å²) in [6, 6.07) is 0. The SMILES string of the molecule is CCCCCCCCCCCCC(O)CN(CCN(CCNCC(O)C(C)CCCCCCCCCC)CCN(CC(O)CCCCCCCCCCCC)CC(O)C(C)CCCCCCCCCC)CC(O)CC. The van der Waals surface area contributed by atoms with Crippen LogP contribution in [0.4, 0.5) is 0 Å². The minimum absolute atomic E-state index is 0.210. The van der Waals surface area contributed by atoms with E-state index in [-0.39, 0.29) is 17.9 Å². The Morgan fingerprint density at radius 2 is 0.573 bits per heavy atom. The van der Waals surface area contributed by atoms with Gasteiger partial charge in [-0.25, -0.2) is 0 Å².